The molecule has 0 aliphatic rings. The lowest BCUT2D eigenvalue weighted by Gasteiger charge is -2.08. The SMILES string of the molecule is Nc1ccc(OCCCCCOc2ccc(NC(=O)CO)cc2)cc1. The molecule has 6 nitrogen and oxygen atoms in total. The van der Waals surface area contributed by atoms with E-state index in [1.54, 1.807) is 24.3 Å². The number of carbonyl (C=O) groups is 1. The number of nitrogens with two attached hydrogens (primary N) is 1. The number of hydrogen-bond donors (Lipinski definition) is 3. The van der Waals surface area contributed by atoms with Crippen molar-refractivity contribution in [2.24, 2.45) is 0 Å². The molecule has 0 heterocycles. The standard InChI is InChI=1S/C19H24N2O4/c20-15-4-8-17(9-5-15)24-12-2-1-3-13-25-18-10-6-16(7-11-18)21-19(23)14-22/h4-11,22H,1-3,12-14,20H2,(H,21,23). The molecule has 0 aliphatic carbocycles. The lowest BCUT2D eigenvalue weighted by atomic mass is 10.2. The number of nitrogen functional groups attached to an aromatic ring is 1. The van der Waals surface area contributed by atoms with E-state index in [9.17, 15) is 4.79 Å². The molecule has 0 aromatic heterocycles. The van der Waals surface area contributed by atoms with E-state index in [0.29, 0.717) is 18.9 Å². The molecule has 25 heavy (non-hydrogen) atoms. The van der Waals surface area contributed by atoms with Gasteiger partial charge in [0.05, 0.1) is 13.2 Å². The summed E-state index contributed by atoms with van der Waals surface area (Å²) in [5.41, 5.74) is 6.98. The number of hydrogen-bond acceptors (Lipinski definition) is 5. The van der Waals surface area contributed by atoms with Crippen LogP contribution in [0.4, 0.5) is 11.4 Å². The second-order valence-corrected chi connectivity index (χ2v) is 5.56. The highest BCUT2D eigenvalue weighted by Gasteiger charge is 2.00. The lowest BCUT2D eigenvalue weighted by molar-refractivity contribution is -0.118. The molecule has 0 unspecified atom stereocenters. The molecule has 0 spiro atoms. The Balaban J connectivity index is 1.55. The molecule has 2 aromatic rings. The minimum absolute atomic E-state index is 0.435. The van der Waals surface area contributed by atoms with Crippen LogP contribution in [0.5, 0.6) is 11.5 Å². The van der Waals surface area contributed by atoms with E-state index in [1.165, 1.54) is 0 Å². The monoisotopic (exact) mass is 344 g/mol. The first-order valence-corrected chi connectivity index (χ1v) is 8.29. The third kappa shape index (κ3) is 7.14. The van der Waals surface area contributed by atoms with Gasteiger partial charge in [-0.2, -0.15) is 0 Å². The molecule has 0 atom stereocenters. The zero-order valence-electron chi connectivity index (χ0n) is 14.1. The van der Waals surface area contributed by atoms with Crippen molar-refractivity contribution in [1.29, 1.82) is 0 Å². The summed E-state index contributed by atoms with van der Waals surface area (Å²) in [5, 5.41) is 11.2. The predicted octanol–water partition coefficient (Wildman–Crippen LogP) is 2.83. The van der Waals surface area contributed by atoms with Crippen molar-refractivity contribution in [3.63, 3.8) is 0 Å². The maximum atomic E-state index is 11.1. The molecule has 0 radical (unpaired) electrons. The van der Waals surface area contributed by atoms with Crippen molar-refractivity contribution in [1.82, 2.24) is 0 Å². The Morgan fingerprint density at radius 1 is 0.880 bits per heavy atom. The molecule has 0 bridgehead atoms. The van der Waals surface area contributed by atoms with E-state index in [1.807, 2.05) is 24.3 Å². The van der Waals surface area contributed by atoms with Crippen LogP contribution < -0.4 is 20.5 Å². The van der Waals surface area contributed by atoms with Gasteiger partial charge < -0.3 is 25.6 Å². The molecular formula is C19H24N2O4. The summed E-state index contributed by atoms with van der Waals surface area (Å²) in [6.45, 7) is 0.772. The van der Waals surface area contributed by atoms with Crippen molar-refractivity contribution in [2.75, 3.05) is 30.9 Å². The highest BCUT2D eigenvalue weighted by molar-refractivity contribution is 5.91. The summed E-state index contributed by atoms with van der Waals surface area (Å²) < 4.78 is 11.3. The smallest absolute Gasteiger partial charge is 0.250 e. The van der Waals surface area contributed by atoms with E-state index < -0.39 is 12.5 Å². The van der Waals surface area contributed by atoms with Crippen LogP contribution in [0.2, 0.25) is 0 Å². The summed E-state index contributed by atoms with van der Waals surface area (Å²) in [6, 6.07) is 14.4. The summed E-state index contributed by atoms with van der Waals surface area (Å²) in [4.78, 5) is 11.1. The van der Waals surface area contributed by atoms with Crippen LogP contribution in [0.15, 0.2) is 48.5 Å². The van der Waals surface area contributed by atoms with Crippen molar-refractivity contribution >= 4 is 17.3 Å². The average Bonchev–Trinajstić information content (AvgIpc) is 2.63. The van der Waals surface area contributed by atoms with Gasteiger partial charge in [-0.25, -0.2) is 0 Å². The van der Waals surface area contributed by atoms with E-state index in [-0.39, 0.29) is 0 Å². The zero-order valence-corrected chi connectivity index (χ0v) is 14.1. The first kappa shape index (κ1) is 18.6. The molecule has 0 saturated heterocycles. The molecule has 2 rings (SSSR count). The van der Waals surface area contributed by atoms with Crippen LogP contribution in [-0.4, -0.2) is 30.8 Å². The number of unbranched alkanes of at least 4 members (excludes halogenated alkanes) is 2. The van der Waals surface area contributed by atoms with Gasteiger partial charge in [-0.05, 0) is 67.8 Å². The van der Waals surface area contributed by atoms with Crippen LogP contribution in [0.25, 0.3) is 0 Å². The van der Waals surface area contributed by atoms with Crippen molar-refractivity contribution < 1.29 is 19.4 Å². The van der Waals surface area contributed by atoms with Crippen LogP contribution in [0.1, 0.15) is 19.3 Å². The van der Waals surface area contributed by atoms with Gasteiger partial charge in [-0.1, -0.05) is 0 Å². The Hall–Kier alpha value is -2.73. The highest BCUT2D eigenvalue weighted by Crippen LogP contribution is 2.16. The number of aliphatic hydroxyl groups excluding tert-OH is 1. The van der Waals surface area contributed by atoms with Crippen LogP contribution in [0.3, 0.4) is 0 Å². The number of anilines is 2. The zero-order chi connectivity index (χ0) is 17.9. The lowest BCUT2D eigenvalue weighted by Crippen LogP contribution is -2.15. The van der Waals surface area contributed by atoms with Gasteiger partial charge in [0.1, 0.15) is 18.1 Å². The maximum absolute atomic E-state index is 11.1. The molecule has 6 heteroatoms. The second kappa shape index (κ2) is 10.2. The number of amides is 1. The second-order valence-electron chi connectivity index (χ2n) is 5.56. The summed E-state index contributed by atoms with van der Waals surface area (Å²) in [5.74, 6) is 1.15. The first-order valence-electron chi connectivity index (χ1n) is 8.29. The van der Waals surface area contributed by atoms with Gasteiger partial charge in [-0.3, -0.25) is 4.79 Å². The number of nitrogens with one attached hydrogen (secondary N) is 1. The van der Waals surface area contributed by atoms with Crippen molar-refractivity contribution in [3.05, 3.63) is 48.5 Å². The summed E-state index contributed by atoms with van der Waals surface area (Å²) in [6.07, 6.45) is 2.91. The van der Waals surface area contributed by atoms with Crippen LogP contribution in [0, 0.1) is 0 Å². The van der Waals surface area contributed by atoms with Gasteiger partial charge >= 0.3 is 0 Å². The van der Waals surface area contributed by atoms with Gasteiger partial charge in [-0.15, -0.1) is 0 Å². The number of ether oxygens (including phenoxy) is 2. The van der Waals surface area contributed by atoms with Crippen LogP contribution >= 0.6 is 0 Å². The minimum Gasteiger partial charge on any atom is -0.494 e. The molecule has 4 N–H and O–H groups in total. The summed E-state index contributed by atoms with van der Waals surface area (Å²) >= 11 is 0. The minimum atomic E-state index is -0.527. The summed E-state index contributed by atoms with van der Waals surface area (Å²) in [7, 11) is 0. The number of aliphatic hydroxyl groups is 1. The van der Waals surface area contributed by atoms with E-state index in [4.69, 9.17) is 20.3 Å². The fourth-order valence-corrected chi connectivity index (χ4v) is 2.16. The molecule has 0 aliphatic heterocycles. The van der Waals surface area contributed by atoms with Gasteiger partial charge in [0, 0.05) is 11.4 Å². The average molecular weight is 344 g/mol. The van der Waals surface area contributed by atoms with E-state index >= 15 is 0 Å². The topological polar surface area (TPSA) is 93.8 Å². The van der Waals surface area contributed by atoms with Gasteiger partial charge in [0.2, 0.25) is 5.91 Å². The van der Waals surface area contributed by atoms with Crippen LogP contribution in [-0.2, 0) is 4.79 Å². The third-order valence-corrected chi connectivity index (χ3v) is 3.49. The Morgan fingerprint density at radius 2 is 1.40 bits per heavy atom. The predicted molar refractivity (Wildman–Crippen MR) is 97.9 cm³/mol. The highest BCUT2D eigenvalue weighted by atomic mass is 16.5. The molecule has 1 amide bonds. The van der Waals surface area contributed by atoms with E-state index in [0.717, 1.165) is 36.4 Å². The molecule has 2 aromatic carbocycles. The van der Waals surface area contributed by atoms with E-state index in [2.05, 4.69) is 5.32 Å². The first-order chi connectivity index (χ1) is 12.2. The molecular weight excluding hydrogens is 320 g/mol. The van der Waals surface area contributed by atoms with Crippen molar-refractivity contribution in [3.8, 4) is 11.5 Å². The maximum Gasteiger partial charge on any atom is 0.250 e. The number of benzene rings is 2. The Kier molecular flexibility index (Phi) is 7.59. The normalized spacial score (nSPS) is 10.3. The Labute approximate surface area is 147 Å². The molecule has 0 saturated carbocycles. The largest absolute Gasteiger partial charge is 0.494 e. The van der Waals surface area contributed by atoms with Crippen molar-refractivity contribution in [2.45, 2.75) is 19.3 Å². The van der Waals surface area contributed by atoms with Gasteiger partial charge in [0.25, 0.3) is 0 Å². The quantitative estimate of drug-likeness (QED) is 0.455. The third-order valence-electron chi connectivity index (χ3n) is 3.49. The fraction of sp³-hybridized carbons (Fsp3) is 0.316. The molecule has 0 fully saturated rings. The molecule has 134 valence electrons. The number of rotatable bonds is 10. The Morgan fingerprint density at radius 3 is 1.92 bits per heavy atom. The number of carbonyl (C=O) groups excluding carboxylic acids is 1. The fourth-order valence-electron chi connectivity index (χ4n) is 2.16. The van der Waals surface area contributed by atoms with Gasteiger partial charge in [0.15, 0.2) is 0 Å². The Bertz CT molecular complexity index is 641.